The Balaban J connectivity index is 1.55. The molecule has 0 aliphatic carbocycles. The van der Waals surface area contributed by atoms with Gasteiger partial charge in [0, 0.05) is 50.1 Å². The van der Waals surface area contributed by atoms with E-state index in [2.05, 4.69) is 17.2 Å². The minimum Gasteiger partial charge on any atom is -0.381 e. The molecule has 1 saturated heterocycles. The molecule has 1 fully saturated rings. The van der Waals surface area contributed by atoms with Crippen molar-refractivity contribution in [2.45, 2.75) is 18.9 Å². The number of amides is 1. The molecule has 4 rings (SSSR count). The van der Waals surface area contributed by atoms with E-state index in [4.69, 9.17) is 4.74 Å². The quantitative estimate of drug-likeness (QED) is 0.692. The molecular weight excluding hydrogens is 350 g/mol. The fourth-order valence-corrected chi connectivity index (χ4v) is 3.78. The van der Waals surface area contributed by atoms with Gasteiger partial charge in [0.1, 0.15) is 5.69 Å². The number of ether oxygens (including phenoxy) is 1. The van der Waals surface area contributed by atoms with E-state index in [1.165, 1.54) is 0 Å². The normalized spacial score (nSPS) is 15.0. The van der Waals surface area contributed by atoms with Crippen LogP contribution in [-0.4, -0.2) is 46.9 Å². The first-order valence-corrected chi connectivity index (χ1v) is 9.67. The highest BCUT2D eigenvalue weighted by atomic mass is 16.5. The van der Waals surface area contributed by atoms with Crippen LogP contribution in [0.2, 0.25) is 0 Å². The van der Waals surface area contributed by atoms with Crippen molar-refractivity contribution >= 4 is 5.91 Å². The first-order valence-electron chi connectivity index (χ1n) is 9.67. The van der Waals surface area contributed by atoms with Crippen molar-refractivity contribution in [3.8, 4) is 22.4 Å². The molecule has 5 nitrogen and oxygen atoms in total. The van der Waals surface area contributed by atoms with Crippen molar-refractivity contribution in [2.24, 2.45) is 7.05 Å². The zero-order valence-electron chi connectivity index (χ0n) is 16.3. The average Bonchev–Trinajstić information content (AvgIpc) is 3.16. The summed E-state index contributed by atoms with van der Waals surface area (Å²) in [6.45, 7) is 1.50. The van der Waals surface area contributed by atoms with Gasteiger partial charge in [-0.3, -0.25) is 9.48 Å². The predicted molar refractivity (Wildman–Crippen MR) is 110 cm³/mol. The van der Waals surface area contributed by atoms with Crippen molar-refractivity contribution in [1.82, 2.24) is 14.7 Å². The second-order valence-corrected chi connectivity index (χ2v) is 7.24. The van der Waals surface area contributed by atoms with E-state index in [-0.39, 0.29) is 12.0 Å². The maximum absolute atomic E-state index is 12.8. The molecule has 0 spiro atoms. The monoisotopic (exact) mass is 375 g/mol. The summed E-state index contributed by atoms with van der Waals surface area (Å²) < 4.78 is 7.22. The lowest BCUT2D eigenvalue weighted by molar-refractivity contribution is 0.0351. The van der Waals surface area contributed by atoms with Gasteiger partial charge < -0.3 is 9.64 Å². The highest BCUT2D eigenvalue weighted by Gasteiger charge is 2.23. The summed E-state index contributed by atoms with van der Waals surface area (Å²) in [7, 11) is 3.67. The number of rotatable bonds is 4. The number of carbonyl (C=O) groups excluding carboxylic acids is 1. The van der Waals surface area contributed by atoms with Crippen LogP contribution >= 0.6 is 0 Å². The van der Waals surface area contributed by atoms with Gasteiger partial charge in [-0.05, 0) is 30.5 Å². The van der Waals surface area contributed by atoms with Gasteiger partial charge in [0.15, 0.2) is 0 Å². The second kappa shape index (κ2) is 7.98. The van der Waals surface area contributed by atoms with E-state index < -0.39 is 0 Å². The van der Waals surface area contributed by atoms with Crippen molar-refractivity contribution in [1.29, 1.82) is 0 Å². The topological polar surface area (TPSA) is 47.4 Å². The Morgan fingerprint density at radius 2 is 1.68 bits per heavy atom. The minimum atomic E-state index is 0.0931. The lowest BCUT2D eigenvalue weighted by Crippen LogP contribution is -2.40. The molecule has 1 aliphatic rings. The number of hydrogen-bond acceptors (Lipinski definition) is 3. The van der Waals surface area contributed by atoms with Gasteiger partial charge in [0.2, 0.25) is 0 Å². The van der Waals surface area contributed by atoms with Crippen LogP contribution in [0.25, 0.3) is 22.4 Å². The molecule has 0 bridgehead atoms. The van der Waals surface area contributed by atoms with E-state index in [9.17, 15) is 4.79 Å². The number of piperidine rings is 1. The molecule has 1 aliphatic heterocycles. The van der Waals surface area contributed by atoms with Crippen LogP contribution in [0, 0.1) is 0 Å². The van der Waals surface area contributed by atoms with Crippen LogP contribution in [-0.2, 0) is 11.8 Å². The average molecular weight is 375 g/mol. The Morgan fingerprint density at radius 3 is 2.32 bits per heavy atom. The molecule has 0 atom stereocenters. The van der Waals surface area contributed by atoms with Gasteiger partial charge in [-0.25, -0.2) is 0 Å². The Morgan fingerprint density at radius 1 is 1.00 bits per heavy atom. The molecule has 0 unspecified atom stereocenters. The Labute approximate surface area is 165 Å². The molecular formula is C23H25N3O2. The SMILES string of the molecule is COC1CCN(C(=O)c2ccc(-c3cn(C)nc3-c3ccccc3)cc2)CC1. The number of carbonyl (C=O) groups is 1. The molecule has 3 aromatic rings. The third kappa shape index (κ3) is 3.71. The zero-order chi connectivity index (χ0) is 19.5. The summed E-state index contributed by atoms with van der Waals surface area (Å²) in [5.41, 5.74) is 4.88. The van der Waals surface area contributed by atoms with Gasteiger partial charge in [-0.2, -0.15) is 5.10 Å². The molecule has 5 heteroatoms. The van der Waals surface area contributed by atoms with E-state index in [0.29, 0.717) is 0 Å². The van der Waals surface area contributed by atoms with E-state index in [1.54, 1.807) is 7.11 Å². The van der Waals surface area contributed by atoms with Gasteiger partial charge in [-0.1, -0.05) is 42.5 Å². The van der Waals surface area contributed by atoms with Crippen LogP contribution in [0.5, 0.6) is 0 Å². The highest BCUT2D eigenvalue weighted by molar-refractivity contribution is 5.95. The maximum atomic E-state index is 12.8. The van der Waals surface area contributed by atoms with Crippen molar-refractivity contribution in [2.75, 3.05) is 20.2 Å². The number of aromatic nitrogens is 2. The van der Waals surface area contributed by atoms with Crippen LogP contribution in [0.1, 0.15) is 23.2 Å². The summed E-state index contributed by atoms with van der Waals surface area (Å²) in [6.07, 6.45) is 4.09. The molecule has 2 heterocycles. The van der Waals surface area contributed by atoms with Gasteiger partial charge in [0.25, 0.3) is 5.91 Å². The van der Waals surface area contributed by atoms with Crippen LogP contribution in [0.3, 0.4) is 0 Å². The Hall–Kier alpha value is -2.92. The smallest absolute Gasteiger partial charge is 0.253 e. The van der Waals surface area contributed by atoms with Crippen LogP contribution in [0.4, 0.5) is 0 Å². The number of aryl methyl sites for hydroxylation is 1. The summed E-state index contributed by atoms with van der Waals surface area (Å²) in [5, 5.41) is 4.63. The molecule has 0 saturated carbocycles. The first-order chi connectivity index (χ1) is 13.7. The summed E-state index contributed by atoms with van der Waals surface area (Å²) in [5.74, 6) is 0.0931. The summed E-state index contributed by atoms with van der Waals surface area (Å²) in [6, 6.07) is 18.0. The predicted octanol–water partition coefficient (Wildman–Crippen LogP) is 4.01. The highest BCUT2D eigenvalue weighted by Crippen LogP contribution is 2.31. The molecule has 144 valence electrons. The lowest BCUT2D eigenvalue weighted by atomic mass is 10.00. The van der Waals surface area contributed by atoms with Crippen molar-refractivity contribution in [3.63, 3.8) is 0 Å². The van der Waals surface area contributed by atoms with Gasteiger partial charge >= 0.3 is 0 Å². The fourth-order valence-electron chi connectivity index (χ4n) is 3.78. The molecule has 2 aromatic carbocycles. The van der Waals surface area contributed by atoms with Crippen LogP contribution in [0.15, 0.2) is 60.8 Å². The van der Waals surface area contributed by atoms with E-state index in [1.807, 2.05) is 65.3 Å². The van der Waals surface area contributed by atoms with Gasteiger partial charge in [0.05, 0.1) is 6.10 Å². The number of benzene rings is 2. The number of methoxy groups -OCH3 is 1. The Bertz CT molecular complexity index is 940. The molecule has 0 radical (unpaired) electrons. The van der Waals surface area contributed by atoms with E-state index >= 15 is 0 Å². The summed E-state index contributed by atoms with van der Waals surface area (Å²) >= 11 is 0. The fraction of sp³-hybridized carbons (Fsp3) is 0.304. The van der Waals surface area contributed by atoms with E-state index in [0.717, 1.165) is 53.9 Å². The Kier molecular flexibility index (Phi) is 5.26. The first kappa shape index (κ1) is 18.4. The minimum absolute atomic E-state index is 0.0931. The van der Waals surface area contributed by atoms with Crippen LogP contribution < -0.4 is 0 Å². The molecule has 0 N–H and O–H groups in total. The summed E-state index contributed by atoms with van der Waals surface area (Å²) in [4.78, 5) is 14.7. The lowest BCUT2D eigenvalue weighted by Gasteiger charge is -2.31. The second-order valence-electron chi connectivity index (χ2n) is 7.24. The largest absolute Gasteiger partial charge is 0.381 e. The number of nitrogens with zero attached hydrogens (tertiary/aromatic N) is 3. The molecule has 1 amide bonds. The number of hydrogen-bond donors (Lipinski definition) is 0. The zero-order valence-corrected chi connectivity index (χ0v) is 16.3. The standard InChI is InChI=1S/C23H25N3O2/c1-25-16-21(22(24-25)18-6-4-3-5-7-18)17-8-10-19(11-9-17)23(27)26-14-12-20(28-2)13-15-26/h3-11,16,20H,12-15H2,1-2H3. The molecule has 28 heavy (non-hydrogen) atoms. The molecule has 1 aromatic heterocycles. The third-order valence-corrected chi connectivity index (χ3v) is 5.38. The van der Waals surface area contributed by atoms with Crippen molar-refractivity contribution < 1.29 is 9.53 Å². The third-order valence-electron chi connectivity index (χ3n) is 5.38. The number of likely N-dealkylation sites (tertiary alicyclic amines) is 1. The van der Waals surface area contributed by atoms with Gasteiger partial charge in [-0.15, -0.1) is 0 Å². The maximum Gasteiger partial charge on any atom is 0.253 e. The van der Waals surface area contributed by atoms with Crippen molar-refractivity contribution in [3.05, 3.63) is 66.4 Å².